The van der Waals surface area contributed by atoms with Gasteiger partial charge in [-0.05, 0) is 74.6 Å². The van der Waals surface area contributed by atoms with Gasteiger partial charge in [0.2, 0.25) is 5.91 Å². The summed E-state index contributed by atoms with van der Waals surface area (Å²) >= 11 is 1.77. The summed E-state index contributed by atoms with van der Waals surface area (Å²) in [7, 11) is 0. The van der Waals surface area contributed by atoms with Crippen LogP contribution in [0.15, 0.2) is 47.5 Å². The first-order valence-corrected chi connectivity index (χ1v) is 17.8. The lowest BCUT2D eigenvalue weighted by molar-refractivity contribution is -0.125. The van der Waals surface area contributed by atoms with Gasteiger partial charge in [0.25, 0.3) is 0 Å². The topological polar surface area (TPSA) is 98.3 Å². The molecule has 4 amide bonds. The summed E-state index contributed by atoms with van der Waals surface area (Å²) in [5.41, 5.74) is 2.96. The Balaban J connectivity index is 0.00000213. The first-order chi connectivity index (χ1) is 22.5. The van der Waals surface area contributed by atoms with Crippen LogP contribution < -0.4 is 5.32 Å². The molecule has 254 valence electrons. The largest absolute Gasteiger partial charge is 0.444 e. The number of pyridine rings is 1. The van der Waals surface area contributed by atoms with E-state index in [2.05, 4.69) is 38.8 Å². The van der Waals surface area contributed by atoms with E-state index in [-0.39, 0.29) is 23.4 Å². The van der Waals surface area contributed by atoms with Crippen LogP contribution in [0.1, 0.15) is 69.9 Å². The Morgan fingerprint density at radius 1 is 1.11 bits per heavy atom. The number of nitrogens with zero attached hydrogens (tertiary/aromatic N) is 5. The molecule has 6 rings (SSSR count). The number of hydrogen-bond acceptors (Lipinski definition) is 7. The molecule has 47 heavy (non-hydrogen) atoms. The molecule has 0 bridgehead atoms. The molecule has 0 unspecified atom stereocenters. The number of carbonyl (C=O) groups is 3. The normalized spacial score (nSPS) is 19.4. The Kier molecular flexibility index (Phi) is 11.1. The van der Waals surface area contributed by atoms with E-state index in [0.717, 1.165) is 76.1 Å². The van der Waals surface area contributed by atoms with E-state index in [1.54, 1.807) is 23.6 Å². The van der Waals surface area contributed by atoms with Crippen LogP contribution in [-0.2, 0) is 22.5 Å². The number of ether oxygens (including phenoxy) is 1. The molecule has 1 N–H and O–H groups in total. The zero-order valence-corrected chi connectivity index (χ0v) is 29.4. The second kappa shape index (κ2) is 15.0. The van der Waals surface area contributed by atoms with Crippen molar-refractivity contribution in [2.75, 3.05) is 57.7 Å². The maximum absolute atomic E-state index is 12.9. The Morgan fingerprint density at radius 3 is 2.53 bits per heavy atom. The number of fused-ring (bicyclic) bond motifs is 1. The molecule has 2 fully saturated rings. The molecule has 4 aliphatic heterocycles. The van der Waals surface area contributed by atoms with Gasteiger partial charge in [-0.1, -0.05) is 31.6 Å². The second-order valence-corrected chi connectivity index (χ2v) is 14.8. The summed E-state index contributed by atoms with van der Waals surface area (Å²) in [5.74, 6) is 0.579. The molecule has 11 heteroatoms. The predicted octanol–water partition coefficient (Wildman–Crippen LogP) is 6.26. The highest BCUT2D eigenvalue weighted by molar-refractivity contribution is 7.09. The van der Waals surface area contributed by atoms with Crippen molar-refractivity contribution in [3.63, 3.8) is 0 Å². The number of likely N-dealkylation sites (tertiary alicyclic amines) is 2. The summed E-state index contributed by atoms with van der Waals surface area (Å²) in [6.07, 6.45) is 10.9. The van der Waals surface area contributed by atoms with Crippen molar-refractivity contribution in [2.24, 2.45) is 5.41 Å². The molecule has 0 radical (unpaired) electrons. The fourth-order valence-corrected chi connectivity index (χ4v) is 7.36. The number of hydrogen-bond donors (Lipinski definition) is 1. The Labute approximate surface area is 283 Å². The zero-order valence-electron chi connectivity index (χ0n) is 28.6. The molecule has 2 aromatic heterocycles. The van der Waals surface area contributed by atoms with Gasteiger partial charge in [0.05, 0.1) is 6.54 Å². The molecule has 0 saturated carbocycles. The predicted molar refractivity (Wildman–Crippen MR) is 187 cm³/mol. The van der Waals surface area contributed by atoms with E-state index >= 15 is 0 Å². The number of rotatable bonds is 7. The molecular formula is C36H50N6O4S. The van der Waals surface area contributed by atoms with Gasteiger partial charge in [-0.25, -0.2) is 14.6 Å². The molecular weight excluding hydrogens is 613 g/mol. The third kappa shape index (κ3) is 9.01. The fraction of sp³-hybridized carbons (Fsp3) is 0.556. The maximum atomic E-state index is 12.9. The van der Waals surface area contributed by atoms with Crippen LogP contribution in [0, 0.1) is 5.41 Å². The Morgan fingerprint density at radius 2 is 1.87 bits per heavy atom. The number of carbonyl (C=O) groups excluding carboxylic acids is 3. The number of piperidine rings is 1. The molecule has 2 saturated heterocycles. The van der Waals surface area contributed by atoms with Crippen molar-refractivity contribution in [3.8, 4) is 0 Å². The molecule has 0 atom stereocenters. The van der Waals surface area contributed by atoms with Crippen molar-refractivity contribution in [3.05, 3.63) is 63.5 Å². The van der Waals surface area contributed by atoms with Crippen molar-refractivity contribution in [1.82, 2.24) is 24.6 Å². The summed E-state index contributed by atoms with van der Waals surface area (Å²) in [5, 5.41) is 5.03. The van der Waals surface area contributed by atoms with E-state index in [9.17, 15) is 14.4 Å². The van der Waals surface area contributed by atoms with Gasteiger partial charge < -0.3 is 24.3 Å². The monoisotopic (exact) mass is 662 g/mol. The van der Waals surface area contributed by atoms with Gasteiger partial charge in [0.1, 0.15) is 11.4 Å². The first kappa shape index (κ1) is 34.6. The van der Waals surface area contributed by atoms with Gasteiger partial charge in [-0.3, -0.25) is 10.1 Å². The highest BCUT2D eigenvalue weighted by Gasteiger charge is 2.45. The molecule has 10 nitrogen and oxygen atoms in total. The van der Waals surface area contributed by atoms with Gasteiger partial charge in [0.15, 0.2) is 0 Å². The van der Waals surface area contributed by atoms with Crippen LogP contribution in [0.3, 0.4) is 0 Å². The first-order valence-electron chi connectivity index (χ1n) is 17.0. The van der Waals surface area contributed by atoms with Gasteiger partial charge in [-0.15, -0.1) is 11.3 Å². The number of amides is 4. The number of urea groups is 1. The van der Waals surface area contributed by atoms with Gasteiger partial charge >= 0.3 is 12.1 Å². The number of nitrogens with one attached hydrogen (secondary N) is 1. The number of thiophene rings is 1. The van der Waals surface area contributed by atoms with Crippen molar-refractivity contribution in [2.45, 2.75) is 72.4 Å². The Bertz CT molecular complexity index is 1460. The average Bonchev–Trinajstić information content (AvgIpc) is 3.55. The summed E-state index contributed by atoms with van der Waals surface area (Å²) in [6.45, 7) is 16.4. The maximum Gasteiger partial charge on any atom is 0.410 e. The quantitative estimate of drug-likeness (QED) is 0.278. The highest BCUT2D eigenvalue weighted by atomic mass is 32.1. The van der Waals surface area contributed by atoms with E-state index < -0.39 is 5.60 Å². The van der Waals surface area contributed by atoms with E-state index in [1.807, 2.05) is 61.5 Å². The van der Waals surface area contributed by atoms with Gasteiger partial charge in [0, 0.05) is 81.5 Å². The van der Waals surface area contributed by atoms with Crippen LogP contribution in [0.4, 0.5) is 15.4 Å². The number of anilines is 1. The lowest BCUT2D eigenvalue weighted by Gasteiger charge is -2.54. The summed E-state index contributed by atoms with van der Waals surface area (Å²) < 4.78 is 5.54. The van der Waals surface area contributed by atoms with Crippen LogP contribution >= 0.6 is 11.3 Å². The van der Waals surface area contributed by atoms with E-state index in [1.165, 1.54) is 10.5 Å². The summed E-state index contributed by atoms with van der Waals surface area (Å²) in [6, 6.07) is 6.11. The SMILES string of the molecule is CC.CC(C)(C)OC(=O)N1CCC2(CC1)CN(CCN1Cc3cc(/C=C/C(=O)N4CC=C(Cc5cccs5)CC4)cnc3NC1=O)C2. The minimum Gasteiger partial charge on any atom is -0.444 e. The molecule has 4 aliphatic rings. The molecule has 2 aromatic rings. The van der Waals surface area contributed by atoms with Crippen LogP contribution in [0.2, 0.25) is 0 Å². The smallest absolute Gasteiger partial charge is 0.410 e. The third-order valence-electron chi connectivity index (χ3n) is 9.16. The minimum atomic E-state index is -0.478. The molecule has 6 heterocycles. The molecule has 1 spiro atoms. The molecule has 0 aromatic carbocycles. The van der Waals surface area contributed by atoms with Crippen molar-refractivity contribution < 1.29 is 19.1 Å². The van der Waals surface area contributed by atoms with Crippen molar-refractivity contribution >= 4 is 41.3 Å². The Hall–Kier alpha value is -3.70. The van der Waals surface area contributed by atoms with Crippen LogP contribution in [0.5, 0.6) is 0 Å². The zero-order chi connectivity index (χ0) is 33.6. The molecule has 0 aliphatic carbocycles. The van der Waals surface area contributed by atoms with Crippen LogP contribution in [-0.4, -0.2) is 101 Å². The van der Waals surface area contributed by atoms with Gasteiger partial charge in [-0.2, -0.15) is 0 Å². The van der Waals surface area contributed by atoms with Crippen LogP contribution in [0.25, 0.3) is 6.08 Å². The fourth-order valence-electron chi connectivity index (χ4n) is 6.60. The third-order valence-corrected chi connectivity index (χ3v) is 10.0. The minimum absolute atomic E-state index is 0.00286. The van der Waals surface area contributed by atoms with Crippen molar-refractivity contribution in [1.29, 1.82) is 0 Å². The second-order valence-electron chi connectivity index (χ2n) is 13.8. The highest BCUT2D eigenvalue weighted by Crippen LogP contribution is 2.40. The standard InChI is InChI=1S/C34H44N6O4S.C2H6/c1-33(2,3)44-32(43)39-14-10-34(11-15-39)23-37(24-34)16-17-40-22-27-19-26(21-35-30(27)36-31(40)42)6-7-29(41)38-12-8-25(9-13-38)20-28-5-4-18-45-28;1-2/h4-8,18-19,21H,9-17,20,22-24H2,1-3H3,(H,35,36,42);1-2H3/b7-6+;. The summed E-state index contributed by atoms with van der Waals surface area (Å²) in [4.78, 5) is 51.8. The number of aromatic nitrogens is 1. The van der Waals surface area contributed by atoms with E-state index in [0.29, 0.717) is 25.5 Å². The lowest BCUT2D eigenvalue weighted by atomic mass is 9.72. The van der Waals surface area contributed by atoms with E-state index in [4.69, 9.17) is 4.74 Å². The average molecular weight is 663 g/mol. The lowest BCUT2D eigenvalue weighted by Crippen LogP contribution is -2.62.